The maximum absolute atomic E-state index is 12.8. The molecular weight excluding hydrogens is 376 g/mol. The van der Waals surface area contributed by atoms with Gasteiger partial charge in [0, 0.05) is 38.0 Å². The molecular formula is C24H26N4O2. The number of fused-ring (bicyclic) bond motifs is 2. The van der Waals surface area contributed by atoms with Crippen molar-refractivity contribution in [2.24, 2.45) is 0 Å². The van der Waals surface area contributed by atoms with Crippen molar-refractivity contribution in [1.82, 2.24) is 4.90 Å². The van der Waals surface area contributed by atoms with Gasteiger partial charge in [-0.2, -0.15) is 5.26 Å². The maximum atomic E-state index is 12.8. The molecule has 2 aromatic rings. The largest absolute Gasteiger partial charge is 0.486 e. The highest BCUT2D eigenvalue weighted by molar-refractivity contribution is 6.02. The number of nitrogens with two attached hydrogens (primary N) is 2. The van der Waals surface area contributed by atoms with Crippen molar-refractivity contribution in [2.75, 3.05) is 24.6 Å². The Morgan fingerprint density at radius 2 is 1.93 bits per heavy atom. The molecule has 0 saturated carbocycles. The lowest BCUT2D eigenvalue weighted by Crippen LogP contribution is -2.54. The number of carbonyl (C=O) groups is 1. The monoisotopic (exact) mass is 402 g/mol. The number of nitrogens with zero attached hydrogens (tertiary/aromatic N) is 2. The molecule has 1 aliphatic carbocycles. The number of Topliss-reactive ketones (excluding diaryl/α,β-unsaturated/α-hetero) is 1. The van der Waals surface area contributed by atoms with Crippen molar-refractivity contribution in [1.29, 1.82) is 5.26 Å². The summed E-state index contributed by atoms with van der Waals surface area (Å²) in [5.41, 5.74) is 16.1. The molecule has 2 aromatic carbocycles. The molecule has 1 unspecified atom stereocenters. The van der Waals surface area contributed by atoms with Gasteiger partial charge in [-0.15, -0.1) is 0 Å². The fourth-order valence-electron chi connectivity index (χ4n) is 5.35. The Labute approximate surface area is 176 Å². The first-order chi connectivity index (χ1) is 14.5. The molecule has 0 amide bonds. The number of rotatable bonds is 1. The Kier molecular flexibility index (Phi) is 4.44. The van der Waals surface area contributed by atoms with E-state index in [1.807, 2.05) is 12.1 Å². The van der Waals surface area contributed by atoms with Gasteiger partial charge in [0.15, 0.2) is 5.78 Å². The van der Waals surface area contributed by atoms with Crippen LogP contribution in [0.5, 0.6) is 5.75 Å². The smallest absolute Gasteiger partial charge is 0.170 e. The van der Waals surface area contributed by atoms with E-state index in [1.165, 1.54) is 11.1 Å². The summed E-state index contributed by atoms with van der Waals surface area (Å²) in [6.45, 7) is 1.82. The van der Waals surface area contributed by atoms with Crippen LogP contribution < -0.4 is 16.2 Å². The van der Waals surface area contributed by atoms with Gasteiger partial charge in [-0.25, -0.2) is 0 Å². The van der Waals surface area contributed by atoms with Crippen molar-refractivity contribution in [3.8, 4) is 11.8 Å². The second kappa shape index (κ2) is 7.03. The van der Waals surface area contributed by atoms with Gasteiger partial charge in [-0.3, -0.25) is 9.69 Å². The molecule has 0 aromatic heterocycles. The first kappa shape index (κ1) is 19.0. The molecule has 0 radical (unpaired) electrons. The molecule has 1 fully saturated rings. The number of ether oxygens (including phenoxy) is 1. The molecule has 0 bridgehead atoms. The third kappa shape index (κ3) is 3.10. The Bertz CT molecular complexity index is 1060. The van der Waals surface area contributed by atoms with E-state index in [1.54, 1.807) is 12.1 Å². The molecule has 2 heterocycles. The maximum Gasteiger partial charge on any atom is 0.170 e. The highest BCUT2D eigenvalue weighted by Crippen LogP contribution is 2.42. The fourth-order valence-corrected chi connectivity index (χ4v) is 5.35. The molecule has 154 valence electrons. The average Bonchev–Trinajstić information content (AvgIpc) is 2.75. The summed E-state index contributed by atoms with van der Waals surface area (Å²) in [6, 6.07) is 12.2. The number of carbonyl (C=O) groups excluding carboxylic acids is 1. The normalized spacial score (nSPS) is 22.6. The van der Waals surface area contributed by atoms with Crippen LogP contribution in [0.1, 0.15) is 52.7 Å². The molecule has 1 spiro atoms. The third-order valence-electron chi connectivity index (χ3n) is 7.10. The van der Waals surface area contributed by atoms with Crippen molar-refractivity contribution in [3.63, 3.8) is 0 Å². The van der Waals surface area contributed by atoms with Gasteiger partial charge in [0.05, 0.1) is 35.0 Å². The summed E-state index contributed by atoms with van der Waals surface area (Å²) in [4.78, 5) is 15.3. The zero-order valence-corrected chi connectivity index (χ0v) is 17.0. The number of piperidine rings is 1. The summed E-state index contributed by atoms with van der Waals surface area (Å²) in [5, 5.41) is 9.36. The van der Waals surface area contributed by atoms with E-state index in [4.69, 9.17) is 16.2 Å². The topological polar surface area (TPSA) is 105 Å². The molecule has 3 aliphatic rings. The van der Waals surface area contributed by atoms with E-state index in [-0.39, 0.29) is 5.78 Å². The van der Waals surface area contributed by atoms with Gasteiger partial charge in [-0.05, 0) is 42.5 Å². The van der Waals surface area contributed by atoms with Crippen LogP contribution in [0.3, 0.4) is 0 Å². The minimum absolute atomic E-state index is 0.0898. The van der Waals surface area contributed by atoms with Crippen LogP contribution in [0.25, 0.3) is 0 Å². The molecule has 6 nitrogen and oxygen atoms in total. The Balaban J connectivity index is 1.29. The predicted octanol–water partition coefficient (Wildman–Crippen LogP) is 3.08. The average molecular weight is 402 g/mol. The lowest BCUT2D eigenvalue weighted by Gasteiger charge is -2.46. The Morgan fingerprint density at radius 3 is 2.70 bits per heavy atom. The van der Waals surface area contributed by atoms with Gasteiger partial charge >= 0.3 is 0 Å². The van der Waals surface area contributed by atoms with E-state index in [9.17, 15) is 10.1 Å². The molecule has 1 atom stereocenters. The van der Waals surface area contributed by atoms with Gasteiger partial charge in [0.2, 0.25) is 0 Å². The summed E-state index contributed by atoms with van der Waals surface area (Å²) in [7, 11) is 0. The van der Waals surface area contributed by atoms with Crippen LogP contribution in [-0.2, 0) is 12.8 Å². The summed E-state index contributed by atoms with van der Waals surface area (Å²) < 4.78 is 6.37. The van der Waals surface area contributed by atoms with E-state index in [0.29, 0.717) is 35.2 Å². The second-order valence-electron chi connectivity index (χ2n) is 8.85. The minimum atomic E-state index is -0.441. The predicted molar refractivity (Wildman–Crippen MR) is 115 cm³/mol. The Morgan fingerprint density at radius 1 is 1.17 bits per heavy atom. The van der Waals surface area contributed by atoms with Gasteiger partial charge in [0.1, 0.15) is 11.4 Å². The number of hydrogen-bond donors (Lipinski definition) is 2. The van der Waals surface area contributed by atoms with Gasteiger partial charge in [-0.1, -0.05) is 12.1 Å². The van der Waals surface area contributed by atoms with Crippen LogP contribution in [-0.4, -0.2) is 35.4 Å². The van der Waals surface area contributed by atoms with Crippen molar-refractivity contribution in [2.45, 2.75) is 50.2 Å². The zero-order chi connectivity index (χ0) is 20.9. The van der Waals surface area contributed by atoms with Gasteiger partial charge in [0.25, 0.3) is 0 Å². The number of nitriles is 1. The number of likely N-dealkylation sites (tertiary alicyclic amines) is 1. The van der Waals surface area contributed by atoms with E-state index >= 15 is 0 Å². The molecule has 6 heteroatoms. The fraction of sp³-hybridized carbons (Fsp3) is 0.417. The molecule has 2 aliphatic heterocycles. The van der Waals surface area contributed by atoms with Crippen molar-refractivity contribution < 1.29 is 9.53 Å². The highest BCUT2D eigenvalue weighted by Gasteiger charge is 2.44. The van der Waals surface area contributed by atoms with E-state index in [2.05, 4.69) is 17.0 Å². The van der Waals surface area contributed by atoms with Crippen molar-refractivity contribution >= 4 is 17.2 Å². The van der Waals surface area contributed by atoms with Crippen LogP contribution in [0.15, 0.2) is 30.3 Å². The lowest BCUT2D eigenvalue weighted by molar-refractivity contribution is -0.0200. The second-order valence-corrected chi connectivity index (χ2v) is 8.85. The molecule has 4 N–H and O–H groups in total. The summed E-state index contributed by atoms with van der Waals surface area (Å²) in [5.74, 6) is 0.661. The molecule has 1 saturated heterocycles. The van der Waals surface area contributed by atoms with Crippen LogP contribution >= 0.6 is 0 Å². The standard InChI is InChI=1S/C24H26N4O2/c25-14-16-3-1-2-15-10-17(4-5-18(15)16)28-8-6-24(7-9-28)13-22(29)19-11-20(26)21(27)12-23(19)30-24/h1-3,11-12,17H,4-10,13,26-27H2. The van der Waals surface area contributed by atoms with E-state index in [0.717, 1.165) is 50.8 Å². The van der Waals surface area contributed by atoms with E-state index < -0.39 is 5.60 Å². The van der Waals surface area contributed by atoms with Crippen molar-refractivity contribution in [3.05, 3.63) is 52.6 Å². The number of nitrogen functional groups attached to an aromatic ring is 2. The first-order valence-electron chi connectivity index (χ1n) is 10.6. The summed E-state index contributed by atoms with van der Waals surface area (Å²) in [6.07, 6.45) is 5.05. The van der Waals surface area contributed by atoms with Crippen LogP contribution in [0, 0.1) is 11.3 Å². The zero-order valence-electron chi connectivity index (χ0n) is 17.0. The third-order valence-corrected chi connectivity index (χ3v) is 7.10. The lowest BCUT2D eigenvalue weighted by atomic mass is 9.80. The number of hydrogen-bond acceptors (Lipinski definition) is 6. The SMILES string of the molecule is N#Cc1cccc2c1CCC(N1CCC3(CC1)CC(=O)c1cc(N)c(N)cc1O3)C2. The quantitative estimate of drug-likeness (QED) is 0.710. The Hall–Kier alpha value is -3.04. The van der Waals surface area contributed by atoms with Gasteiger partial charge < -0.3 is 16.2 Å². The number of anilines is 2. The van der Waals surface area contributed by atoms with Crippen LogP contribution in [0.2, 0.25) is 0 Å². The number of ketones is 1. The molecule has 30 heavy (non-hydrogen) atoms. The molecule has 5 rings (SSSR count). The van der Waals surface area contributed by atoms with Crippen LogP contribution in [0.4, 0.5) is 11.4 Å². The minimum Gasteiger partial charge on any atom is -0.486 e. The summed E-state index contributed by atoms with van der Waals surface area (Å²) >= 11 is 0. The first-order valence-corrected chi connectivity index (χ1v) is 10.6. The number of benzene rings is 2. The highest BCUT2D eigenvalue weighted by atomic mass is 16.5.